The molecule has 0 aromatic carbocycles. The van der Waals surface area contributed by atoms with Gasteiger partial charge in [-0.3, -0.25) is 4.79 Å². The maximum absolute atomic E-state index is 12.4. The van der Waals surface area contributed by atoms with Gasteiger partial charge in [-0.05, 0) is 13.8 Å². The molecule has 0 amide bonds. The van der Waals surface area contributed by atoms with Gasteiger partial charge in [-0.25, -0.2) is 19.3 Å². The smallest absolute Gasteiger partial charge is 0.390 e. The molecule has 1 unspecified atom stereocenters. The Labute approximate surface area is 138 Å². The van der Waals surface area contributed by atoms with Gasteiger partial charge < -0.3 is 10.1 Å². The highest BCUT2D eigenvalue weighted by Gasteiger charge is 2.29. The molecule has 0 aliphatic heterocycles. The van der Waals surface area contributed by atoms with Crippen molar-refractivity contribution in [2.24, 2.45) is 0 Å². The van der Waals surface area contributed by atoms with Crippen LogP contribution in [-0.4, -0.2) is 45.8 Å². The van der Waals surface area contributed by atoms with Crippen LogP contribution in [0.3, 0.4) is 0 Å². The number of alkyl halides is 3. The summed E-state index contributed by atoms with van der Waals surface area (Å²) in [5.74, 6) is 0.420. The zero-order chi connectivity index (χ0) is 18.4. The van der Waals surface area contributed by atoms with Crippen molar-refractivity contribution >= 4 is 11.0 Å². The number of fused-ring (bicyclic) bond motifs is 1. The standard InChI is InChI=1S/C13H14F3N7O2/c1-6(10-17-5-22(21-10)4-13(14,15)16)23-11-9(8(3-24)20-23)12(25)19-7(2)18-11/h5-6,24H,3-4H2,1-2H3,(H,18,19,25). The van der Waals surface area contributed by atoms with E-state index in [1.54, 1.807) is 13.8 Å². The quantitative estimate of drug-likeness (QED) is 0.710. The van der Waals surface area contributed by atoms with Gasteiger partial charge in [-0.15, -0.1) is 0 Å². The number of hydrogen-bond donors (Lipinski definition) is 2. The third-order valence-electron chi connectivity index (χ3n) is 3.54. The van der Waals surface area contributed by atoms with Gasteiger partial charge in [0.1, 0.15) is 35.8 Å². The lowest BCUT2D eigenvalue weighted by Gasteiger charge is -2.09. The Morgan fingerprint density at radius 2 is 2.08 bits per heavy atom. The van der Waals surface area contributed by atoms with E-state index >= 15 is 0 Å². The molecule has 3 aromatic rings. The van der Waals surface area contributed by atoms with Crippen molar-refractivity contribution in [2.45, 2.75) is 39.2 Å². The summed E-state index contributed by atoms with van der Waals surface area (Å²) >= 11 is 0. The number of aromatic nitrogens is 7. The molecule has 12 heteroatoms. The molecule has 0 aliphatic rings. The first-order chi connectivity index (χ1) is 11.7. The lowest BCUT2D eigenvalue weighted by molar-refractivity contribution is -0.142. The van der Waals surface area contributed by atoms with Crippen LogP contribution < -0.4 is 5.56 Å². The Morgan fingerprint density at radius 1 is 1.36 bits per heavy atom. The van der Waals surface area contributed by atoms with E-state index in [4.69, 9.17) is 0 Å². The number of rotatable bonds is 4. The van der Waals surface area contributed by atoms with Gasteiger partial charge in [-0.2, -0.15) is 23.4 Å². The third-order valence-corrected chi connectivity index (χ3v) is 3.54. The van der Waals surface area contributed by atoms with Crippen molar-refractivity contribution < 1.29 is 18.3 Å². The fourth-order valence-electron chi connectivity index (χ4n) is 2.47. The molecule has 25 heavy (non-hydrogen) atoms. The van der Waals surface area contributed by atoms with Gasteiger partial charge in [0.05, 0.1) is 6.61 Å². The third kappa shape index (κ3) is 3.24. The van der Waals surface area contributed by atoms with E-state index in [0.29, 0.717) is 10.5 Å². The lowest BCUT2D eigenvalue weighted by Crippen LogP contribution is -2.19. The lowest BCUT2D eigenvalue weighted by atomic mass is 10.3. The van der Waals surface area contributed by atoms with E-state index < -0.39 is 30.9 Å². The number of H-pyrrole nitrogens is 1. The predicted molar refractivity (Wildman–Crippen MR) is 78.7 cm³/mol. The van der Waals surface area contributed by atoms with E-state index in [9.17, 15) is 23.1 Å². The number of hydrogen-bond acceptors (Lipinski definition) is 6. The molecule has 3 rings (SSSR count). The Morgan fingerprint density at radius 3 is 2.72 bits per heavy atom. The molecule has 0 saturated heterocycles. The molecular formula is C13H14F3N7O2. The molecular weight excluding hydrogens is 343 g/mol. The fraction of sp³-hybridized carbons (Fsp3) is 0.462. The summed E-state index contributed by atoms with van der Waals surface area (Å²) in [5, 5.41) is 17.5. The number of aryl methyl sites for hydroxylation is 1. The normalized spacial score (nSPS) is 13.5. The topological polar surface area (TPSA) is 115 Å². The molecule has 0 saturated carbocycles. The molecule has 2 N–H and O–H groups in total. The minimum absolute atomic E-state index is 0.0814. The van der Waals surface area contributed by atoms with Gasteiger partial charge in [-0.1, -0.05) is 0 Å². The highest BCUT2D eigenvalue weighted by atomic mass is 19.4. The SMILES string of the molecule is Cc1nc2c(c(CO)nn2C(C)c2ncn(CC(F)(F)F)n2)c(=O)[nH]1. The van der Waals surface area contributed by atoms with Crippen LogP contribution >= 0.6 is 0 Å². The molecule has 0 bridgehead atoms. The van der Waals surface area contributed by atoms with E-state index in [2.05, 4.69) is 25.1 Å². The van der Waals surface area contributed by atoms with Crippen molar-refractivity contribution in [3.05, 3.63) is 34.0 Å². The first-order valence-electron chi connectivity index (χ1n) is 7.24. The predicted octanol–water partition coefficient (Wildman–Crippen LogP) is 0.683. The number of halogens is 3. The maximum Gasteiger partial charge on any atom is 0.408 e. The van der Waals surface area contributed by atoms with Gasteiger partial charge in [0.25, 0.3) is 5.56 Å². The van der Waals surface area contributed by atoms with Crippen molar-refractivity contribution in [2.75, 3.05) is 0 Å². The zero-order valence-corrected chi connectivity index (χ0v) is 13.2. The average Bonchev–Trinajstić information content (AvgIpc) is 3.09. The Hall–Kier alpha value is -2.76. The van der Waals surface area contributed by atoms with Gasteiger partial charge in [0, 0.05) is 0 Å². The van der Waals surface area contributed by atoms with E-state index in [1.165, 1.54) is 4.68 Å². The number of aromatic amines is 1. The van der Waals surface area contributed by atoms with Crippen LogP contribution in [0.1, 0.15) is 30.3 Å². The van der Waals surface area contributed by atoms with E-state index in [1.807, 2.05) is 0 Å². The first-order valence-corrected chi connectivity index (χ1v) is 7.24. The minimum atomic E-state index is -4.41. The molecule has 3 aromatic heterocycles. The number of nitrogens with one attached hydrogen (secondary N) is 1. The Balaban J connectivity index is 2.06. The van der Waals surface area contributed by atoms with Gasteiger partial charge >= 0.3 is 6.18 Å². The van der Waals surface area contributed by atoms with Crippen LogP contribution in [0.25, 0.3) is 11.0 Å². The van der Waals surface area contributed by atoms with Gasteiger partial charge in [0.15, 0.2) is 11.5 Å². The second kappa shape index (κ2) is 5.95. The van der Waals surface area contributed by atoms with Crippen molar-refractivity contribution in [1.82, 2.24) is 34.5 Å². The van der Waals surface area contributed by atoms with E-state index in [-0.39, 0.29) is 22.6 Å². The largest absolute Gasteiger partial charge is 0.408 e. The number of aliphatic hydroxyl groups is 1. The van der Waals surface area contributed by atoms with Crippen LogP contribution in [0.5, 0.6) is 0 Å². The molecule has 3 heterocycles. The second-order valence-corrected chi connectivity index (χ2v) is 5.49. The minimum Gasteiger partial charge on any atom is -0.390 e. The van der Waals surface area contributed by atoms with Crippen molar-refractivity contribution in [1.29, 1.82) is 0 Å². The van der Waals surface area contributed by atoms with Crippen LogP contribution in [0.15, 0.2) is 11.1 Å². The maximum atomic E-state index is 12.4. The van der Waals surface area contributed by atoms with Crippen molar-refractivity contribution in [3.8, 4) is 0 Å². The van der Waals surface area contributed by atoms with Crippen molar-refractivity contribution in [3.63, 3.8) is 0 Å². The van der Waals surface area contributed by atoms with Gasteiger partial charge in [0.2, 0.25) is 0 Å². The summed E-state index contributed by atoms with van der Waals surface area (Å²) in [6.07, 6.45) is -3.44. The average molecular weight is 357 g/mol. The molecule has 0 fully saturated rings. The van der Waals surface area contributed by atoms with Crippen LogP contribution in [0.2, 0.25) is 0 Å². The molecule has 1 atom stereocenters. The molecule has 9 nitrogen and oxygen atoms in total. The second-order valence-electron chi connectivity index (χ2n) is 5.49. The summed E-state index contributed by atoms with van der Waals surface area (Å²) in [4.78, 5) is 22.7. The molecule has 0 radical (unpaired) electrons. The summed E-state index contributed by atoms with van der Waals surface area (Å²) < 4.78 is 39.3. The Kier molecular flexibility index (Phi) is 4.06. The summed E-state index contributed by atoms with van der Waals surface area (Å²) in [5.41, 5.74) is -0.143. The first kappa shape index (κ1) is 17.1. The van der Waals surface area contributed by atoms with E-state index in [0.717, 1.165) is 6.33 Å². The monoisotopic (exact) mass is 357 g/mol. The highest BCUT2D eigenvalue weighted by Crippen LogP contribution is 2.22. The van der Waals surface area contributed by atoms with Crippen LogP contribution in [0, 0.1) is 6.92 Å². The highest BCUT2D eigenvalue weighted by molar-refractivity contribution is 5.77. The molecule has 0 aliphatic carbocycles. The molecule has 0 spiro atoms. The Bertz CT molecular complexity index is 972. The summed E-state index contributed by atoms with van der Waals surface area (Å²) in [6.45, 7) is 1.45. The number of nitrogens with zero attached hydrogens (tertiary/aromatic N) is 6. The summed E-state index contributed by atoms with van der Waals surface area (Å²) in [6, 6.07) is -0.689. The molecule has 134 valence electrons. The summed E-state index contributed by atoms with van der Waals surface area (Å²) in [7, 11) is 0. The van der Waals surface area contributed by atoms with Crippen LogP contribution in [-0.2, 0) is 13.2 Å². The fourth-order valence-corrected chi connectivity index (χ4v) is 2.47. The number of aliphatic hydroxyl groups excluding tert-OH is 1. The van der Waals surface area contributed by atoms with Crippen LogP contribution in [0.4, 0.5) is 13.2 Å². The zero-order valence-electron chi connectivity index (χ0n) is 13.2.